The first-order chi connectivity index (χ1) is 9.36. The fourth-order valence-corrected chi connectivity index (χ4v) is 3.27. The topological polar surface area (TPSA) is 205 Å². The van der Waals surface area contributed by atoms with Crippen molar-refractivity contribution >= 4 is 11.9 Å². The quantitative estimate of drug-likeness (QED) is 0.121. The molecule has 0 aromatic rings. The van der Waals surface area contributed by atoms with E-state index in [0.29, 0.717) is 0 Å². The third-order valence-electron chi connectivity index (χ3n) is 4.44. The SMILES string of the molecule is O=C1OC(=O)C2C1C1(O)C(O)=C(O)C2(O)C(O)(O)C1(O)O. The molecule has 1 heterocycles. The van der Waals surface area contributed by atoms with Crippen LogP contribution >= 0.6 is 0 Å². The highest BCUT2D eigenvalue weighted by atomic mass is 16.6. The molecule has 21 heavy (non-hydrogen) atoms. The highest BCUT2D eigenvalue weighted by Gasteiger charge is 2.90. The van der Waals surface area contributed by atoms with Gasteiger partial charge in [-0.3, -0.25) is 9.59 Å². The lowest BCUT2D eigenvalue weighted by molar-refractivity contribution is -0.482. The number of rotatable bonds is 0. The molecule has 8 N–H and O–H groups in total. The lowest BCUT2D eigenvalue weighted by atomic mass is 9.51. The molecular formula is C10H10O11. The van der Waals surface area contributed by atoms with Crippen LogP contribution in [0, 0.1) is 11.8 Å². The Morgan fingerprint density at radius 3 is 1.29 bits per heavy atom. The third-order valence-corrected chi connectivity index (χ3v) is 4.44. The van der Waals surface area contributed by atoms with Crippen molar-refractivity contribution in [1.82, 2.24) is 0 Å². The summed E-state index contributed by atoms with van der Waals surface area (Å²) in [5.41, 5.74) is -7.17. The summed E-state index contributed by atoms with van der Waals surface area (Å²) in [6, 6.07) is 0. The Kier molecular flexibility index (Phi) is 2.15. The smallest absolute Gasteiger partial charge is 0.321 e. The Hall–Kier alpha value is -1.76. The molecule has 11 nitrogen and oxygen atoms in total. The minimum absolute atomic E-state index is 1.55. The molecule has 4 atom stereocenters. The maximum Gasteiger partial charge on any atom is 0.321 e. The second-order valence-corrected chi connectivity index (χ2v) is 5.27. The summed E-state index contributed by atoms with van der Waals surface area (Å²) in [5, 5.41) is 78.9. The minimum Gasteiger partial charge on any atom is -0.506 e. The van der Waals surface area contributed by atoms with Gasteiger partial charge in [-0.1, -0.05) is 0 Å². The van der Waals surface area contributed by atoms with Gasteiger partial charge in [0.2, 0.25) is 0 Å². The van der Waals surface area contributed by atoms with E-state index in [9.17, 15) is 50.4 Å². The molecule has 0 aromatic carbocycles. The van der Waals surface area contributed by atoms with Crippen LogP contribution in [0.15, 0.2) is 11.5 Å². The van der Waals surface area contributed by atoms with E-state index in [1.54, 1.807) is 0 Å². The van der Waals surface area contributed by atoms with Gasteiger partial charge in [0.25, 0.3) is 11.6 Å². The van der Waals surface area contributed by atoms with Gasteiger partial charge in [-0.15, -0.1) is 0 Å². The molecule has 4 aliphatic rings. The number of fused-ring (bicyclic) bond motifs is 1. The Morgan fingerprint density at radius 2 is 1.00 bits per heavy atom. The van der Waals surface area contributed by atoms with Gasteiger partial charge in [-0.25, -0.2) is 0 Å². The van der Waals surface area contributed by atoms with Crippen molar-refractivity contribution in [3.63, 3.8) is 0 Å². The van der Waals surface area contributed by atoms with Gasteiger partial charge in [-0.2, -0.15) is 0 Å². The molecule has 4 rings (SSSR count). The highest BCUT2D eigenvalue weighted by Crippen LogP contribution is 2.63. The van der Waals surface area contributed by atoms with E-state index in [0.717, 1.165) is 0 Å². The van der Waals surface area contributed by atoms with Crippen LogP contribution in [0.5, 0.6) is 0 Å². The summed E-state index contributed by atoms with van der Waals surface area (Å²) in [4.78, 5) is 23.2. The van der Waals surface area contributed by atoms with Crippen LogP contribution in [0.25, 0.3) is 0 Å². The fraction of sp³-hybridized carbons (Fsp3) is 0.600. The number of cyclic esters (lactones) is 2. The average molecular weight is 306 g/mol. The predicted molar refractivity (Wildman–Crippen MR) is 54.6 cm³/mol. The van der Waals surface area contributed by atoms with Gasteiger partial charge in [0.1, 0.15) is 11.8 Å². The maximum absolute atomic E-state index is 11.6. The molecule has 1 aliphatic heterocycles. The van der Waals surface area contributed by atoms with E-state index in [1.807, 2.05) is 0 Å². The van der Waals surface area contributed by atoms with Crippen molar-refractivity contribution < 1.29 is 55.2 Å². The normalized spacial score (nSPS) is 46.6. The summed E-state index contributed by atoms with van der Waals surface area (Å²) >= 11 is 0. The summed E-state index contributed by atoms with van der Waals surface area (Å²) < 4.78 is 4.11. The van der Waals surface area contributed by atoms with E-state index >= 15 is 0 Å². The number of aliphatic hydroxyl groups excluding tert-OH is 2. The van der Waals surface area contributed by atoms with Crippen molar-refractivity contribution in [2.45, 2.75) is 22.8 Å². The Labute approximate surface area is 114 Å². The number of aliphatic hydroxyl groups is 8. The van der Waals surface area contributed by atoms with Crippen LogP contribution in [0.4, 0.5) is 0 Å². The molecule has 0 aromatic heterocycles. The van der Waals surface area contributed by atoms with Crippen molar-refractivity contribution in [2.24, 2.45) is 11.8 Å². The first kappa shape index (κ1) is 14.2. The molecule has 1 saturated carbocycles. The van der Waals surface area contributed by atoms with Gasteiger partial charge in [0.15, 0.2) is 22.7 Å². The third kappa shape index (κ3) is 1.00. The lowest BCUT2D eigenvalue weighted by Crippen LogP contribution is -2.88. The van der Waals surface area contributed by atoms with Crippen molar-refractivity contribution in [3.8, 4) is 0 Å². The molecule has 0 spiro atoms. The Bertz CT molecular complexity index is 566. The fourth-order valence-electron chi connectivity index (χ4n) is 3.27. The number of hydrogen-bond acceptors (Lipinski definition) is 11. The first-order valence-electron chi connectivity index (χ1n) is 5.59. The van der Waals surface area contributed by atoms with E-state index in [4.69, 9.17) is 0 Å². The Balaban J connectivity index is 2.46. The molecule has 1 saturated heterocycles. The van der Waals surface area contributed by atoms with Crippen molar-refractivity contribution in [3.05, 3.63) is 11.5 Å². The summed E-state index contributed by atoms with van der Waals surface area (Å²) in [5.74, 6) is -19.2. The number of ether oxygens (including phenoxy) is 1. The monoisotopic (exact) mass is 306 g/mol. The molecule has 2 bridgehead atoms. The number of esters is 2. The van der Waals surface area contributed by atoms with Crippen LogP contribution in [0.1, 0.15) is 0 Å². The van der Waals surface area contributed by atoms with Gasteiger partial charge >= 0.3 is 11.9 Å². The first-order valence-corrected chi connectivity index (χ1v) is 5.59. The van der Waals surface area contributed by atoms with Gasteiger partial charge in [-0.05, 0) is 0 Å². The van der Waals surface area contributed by atoms with Crippen LogP contribution in [0.2, 0.25) is 0 Å². The standard InChI is InChI=1S/C10H10O11/c11-3-4(12)8(16)2-1(5(13)21-6(2)14)7(3,15)9(17,18)10(8,19)20/h1-2,11-12,15-20H. The van der Waals surface area contributed by atoms with E-state index in [2.05, 4.69) is 4.74 Å². The predicted octanol–water partition coefficient (Wildman–Crippen LogP) is -4.52. The largest absolute Gasteiger partial charge is 0.506 e. The van der Waals surface area contributed by atoms with Crippen LogP contribution < -0.4 is 0 Å². The minimum atomic E-state index is -4.10. The molecule has 3 aliphatic carbocycles. The van der Waals surface area contributed by atoms with Crippen molar-refractivity contribution in [2.75, 3.05) is 0 Å². The molecule has 11 heteroatoms. The van der Waals surface area contributed by atoms with Gasteiger partial charge < -0.3 is 45.6 Å². The van der Waals surface area contributed by atoms with Crippen LogP contribution in [-0.2, 0) is 14.3 Å². The van der Waals surface area contributed by atoms with E-state index in [-0.39, 0.29) is 0 Å². The zero-order chi connectivity index (χ0) is 16.2. The molecule has 116 valence electrons. The molecule has 0 amide bonds. The lowest BCUT2D eigenvalue weighted by Gasteiger charge is -2.61. The average Bonchev–Trinajstić information content (AvgIpc) is 2.67. The molecule has 4 unspecified atom stereocenters. The zero-order valence-electron chi connectivity index (χ0n) is 9.96. The maximum atomic E-state index is 11.6. The van der Waals surface area contributed by atoms with Crippen LogP contribution in [0.3, 0.4) is 0 Å². The zero-order valence-corrected chi connectivity index (χ0v) is 9.96. The number of hydrogen-bond donors (Lipinski definition) is 8. The number of carbonyl (C=O) groups excluding carboxylic acids is 2. The van der Waals surface area contributed by atoms with E-state index in [1.165, 1.54) is 0 Å². The summed E-state index contributed by atoms with van der Waals surface area (Å²) in [6.07, 6.45) is 0. The molecule has 2 fully saturated rings. The summed E-state index contributed by atoms with van der Waals surface area (Å²) in [6.45, 7) is 0. The second kappa shape index (κ2) is 3.19. The van der Waals surface area contributed by atoms with Gasteiger partial charge in [0, 0.05) is 0 Å². The van der Waals surface area contributed by atoms with Crippen LogP contribution in [-0.4, -0.2) is 75.6 Å². The molecular weight excluding hydrogens is 296 g/mol. The van der Waals surface area contributed by atoms with E-state index < -0.39 is 58.1 Å². The molecule has 0 radical (unpaired) electrons. The van der Waals surface area contributed by atoms with Gasteiger partial charge in [0.05, 0.1) is 0 Å². The number of carbonyl (C=O) groups is 2. The second-order valence-electron chi connectivity index (χ2n) is 5.27. The Morgan fingerprint density at radius 1 is 0.714 bits per heavy atom. The highest BCUT2D eigenvalue weighted by molar-refractivity contribution is 6.00. The summed E-state index contributed by atoms with van der Waals surface area (Å²) in [7, 11) is 0. The van der Waals surface area contributed by atoms with Crippen molar-refractivity contribution in [1.29, 1.82) is 0 Å².